The van der Waals surface area contributed by atoms with Gasteiger partial charge in [0.05, 0.1) is 37.3 Å². The van der Waals surface area contributed by atoms with E-state index in [9.17, 15) is 9.18 Å². The van der Waals surface area contributed by atoms with Gasteiger partial charge in [-0.25, -0.2) is 19.3 Å². The van der Waals surface area contributed by atoms with Crippen molar-refractivity contribution in [3.8, 4) is 17.1 Å². The number of methoxy groups -OCH3 is 1. The molecule has 6 bridgehead atoms. The lowest BCUT2D eigenvalue weighted by Gasteiger charge is -2.19. The Bertz CT molecular complexity index is 1590. The van der Waals surface area contributed by atoms with Gasteiger partial charge in [0.25, 0.3) is 5.91 Å². The molecule has 5 rings (SSSR count). The number of anilines is 4. The van der Waals surface area contributed by atoms with Gasteiger partial charge >= 0.3 is 0 Å². The maximum atomic E-state index is 14.5. The number of halogens is 1. The quantitative estimate of drug-likeness (QED) is 0.378. The molecule has 0 unspecified atom stereocenters. The van der Waals surface area contributed by atoms with E-state index in [4.69, 9.17) is 13.6 Å². The fourth-order valence-corrected chi connectivity index (χ4v) is 3.75. The van der Waals surface area contributed by atoms with Crippen molar-refractivity contribution in [3.63, 3.8) is 0 Å². The van der Waals surface area contributed by atoms with Gasteiger partial charge in [-0.1, -0.05) is 0 Å². The minimum Gasteiger partial charge on any atom is -0.494 e. The van der Waals surface area contributed by atoms with Gasteiger partial charge in [-0.05, 0) is 42.3 Å². The van der Waals surface area contributed by atoms with E-state index >= 15 is 0 Å². The third-order valence-electron chi connectivity index (χ3n) is 5.45. The van der Waals surface area contributed by atoms with Gasteiger partial charge < -0.3 is 25.4 Å². The van der Waals surface area contributed by atoms with Crippen LogP contribution in [0.15, 0.2) is 42.7 Å². The zero-order valence-electron chi connectivity index (χ0n) is 22.8. The average molecular weight is 506 g/mol. The molecular weight excluding hydrogens is 479 g/mol. The monoisotopic (exact) mass is 505 g/mol. The van der Waals surface area contributed by atoms with Gasteiger partial charge in [-0.15, -0.1) is 10.2 Å². The lowest BCUT2D eigenvalue weighted by Crippen LogP contribution is -2.21. The van der Waals surface area contributed by atoms with E-state index in [0.717, 1.165) is 5.56 Å². The van der Waals surface area contributed by atoms with Crippen LogP contribution in [-0.2, 0) is 18.0 Å². The second-order valence-corrected chi connectivity index (χ2v) is 8.12. The predicted molar refractivity (Wildman–Crippen MR) is 133 cm³/mol. The topological polar surface area (TPSA) is 136 Å². The molecule has 0 saturated heterocycles. The van der Waals surface area contributed by atoms with Crippen LogP contribution in [-0.4, -0.2) is 45.1 Å². The number of carbonyl (C=O) groups excluding carboxylic acids is 1. The minimum atomic E-state index is -2.76. The molecule has 1 aliphatic heterocycles. The number of pyridine rings is 1. The first-order valence-electron chi connectivity index (χ1n) is 12.6. The molecule has 4 aromatic rings. The molecule has 12 heteroatoms. The Kier molecular flexibility index (Phi) is 5.60. The number of carbonyl (C=O) groups is 1. The molecule has 0 atom stereocenters. The first-order valence-corrected chi connectivity index (χ1v) is 11.1. The fourth-order valence-electron chi connectivity index (χ4n) is 3.75. The smallest absolute Gasteiger partial charge is 0.273 e. The number of hydrogen-bond acceptors (Lipinski definition) is 10. The molecule has 0 saturated carbocycles. The number of rotatable bonds is 3. The first-order chi connectivity index (χ1) is 19.1. The summed E-state index contributed by atoms with van der Waals surface area (Å²) in [5.74, 6) is -0.423. The highest BCUT2D eigenvalue weighted by Crippen LogP contribution is 2.39. The Morgan fingerprint density at radius 2 is 1.95 bits per heavy atom. The van der Waals surface area contributed by atoms with Crippen molar-refractivity contribution in [1.29, 1.82) is 0 Å². The number of nitrogens with one attached hydrogen (secondary N) is 3. The number of hydrogen-bond donors (Lipinski definition) is 3. The van der Waals surface area contributed by atoms with Crippen molar-refractivity contribution >= 4 is 28.9 Å². The van der Waals surface area contributed by atoms with Crippen LogP contribution >= 0.6 is 0 Å². The van der Waals surface area contributed by atoms with E-state index in [-0.39, 0.29) is 41.9 Å². The Morgan fingerprint density at radius 3 is 2.73 bits per heavy atom. The van der Waals surface area contributed by atoms with Crippen molar-refractivity contribution in [3.05, 3.63) is 71.1 Å². The number of amides is 1. The minimum absolute atomic E-state index is 0.0581. The molecule has 1 aliphatic rings. The van der Waals surface area contributed by atoms with Gasteiger partial charge in [-0.3, -0.25) is 4.79 Å². The van der Waals surface area contributed by atoms with Crippen LogP contribution in [0.25, 0.3) is 11.4 Å². The maximum absolute atomic E-state index is 14.5. The van der Waals surface area contributed by atoms with E-state index in [1.54, 1.807) is 24.5 Å². The van der Waals surface area contributed by atoms with Crippen molar-refractivity contribution in [2.45, 2.75) is 20.1 Å². The number of ether oxygens (including phenoxy) is 2. The van der Waals surface area contributed by atoms with E-state index in [2.05, 4.69) is 35.8 Å². The summed E-state index contributed by atoms with van der Waals surface area (Å²) in [5.41, 5.74) is 2.27. The van der Waals surface area contributed by atoms with Crippen LogP contribution in [0, 0.1) is 12.7 Å². The molecule has 0 fully saturated rings. The van der Waals surface area contributed by atoms with Crippen LogP contribution in [0.3, 0.4) is 0 Å². The van der Waals surface area contributed by atoms with Gasteiger partial charge in [0.2, 0.25) is 0 Å². The SMILES string of the molecule is [2H]C([2H])([2H])NC(=O)c1nnc2cc1Nc1cc(cc(-c3ncc(C)cn3)c1OC)COCc1nc(ccc1F)N2. The van der Waals surface area contributed by atoms with Crippen LogP contribution < -0.4 is 20.7 Å². The summed E-state index contributed by atoms with van der Waals surface area (Å²) in [4.78, 5) is 26.0. The van der Waals surface area contributed by atoms with E-state index in [0.29, 0.717) is 28.4 Å². The number of nitrogens with zero attached hydrogens (tertiary/aromatic N) is 5. The van der Waals surface area contributed by atoms with Crippen molar-refractivity contribution < 1.29 is 22.8 Å². The summed E-state index contributed by atoms with van der Waals surface area (Å²) in [6.07, 6.45) is 3.32. The van der Waals surface area contributed by atoms with E-state index in [1.807, 2.05) is 12.2 Å². The van der Waals surface area contributed by atoms with Crippen molar-refractivity contribution in [2.24, 2.45) is 0 Å². The number of fused-ring (bicyclic) bond motifs is 6. The lowest BCUT2D eigenvalue weighted by atomic mass is 10.1. The van der Waals surface area contributed by atoms with Crippen molar-refractivity contribution in [2.75, 3.05) is 24.7 Å². The number of aryl methyl sites for hydroxylation is 1. The van der Waals surface area contributed by atoms with E-state index < -0.39 is 18.7 Å². The van der Waals surface area contributed by atoms with Crippen LogP contribution in [0.2, 0.25) is 0 Å². The molecular formula is C25H23FN8O3. The van der Waals surface area contributed by atoms with Crippen molar-refractivity contribution in [1.82, 2.24) is 30.5 Å². The second kappa shape index (κ2) is 10.1. The summed E-state index contributed by atoms with van der Waals surface area (Å²) in [7, 11) is 1.47. The van der Waals surface area contributed by atoms with E-state index in [1.165, 1.54) is 25.3 Å². The molecule has 1 amide bonds. The molecule has 0 radical (unpaired) electrons. The summed E-state index contributed by atoms with van der Waals surface area (Å²) >= 11 is 0. The molecule has 4 heterocycles. The summed E-state index contributed by atoms with van der Waals surface area (Å²) in [5, 5.41) is 15.9. The fraction of sp³-hybridized carbons (Fsp3) is 0.200. The molecule has 11 nitrogen and oxygen atoms in total. The normalized spacial score (nSPS) is 14.1. The molecule has 3 aromatic heterocycles. The van der Waals surface area contributed by atoms with Crippen LogP contribution in [0.4, 0.5) is 27.4 Å². The lowest BCUT2D eigenvalue weighted by molar-refractivity contribution is 0.0958. The summed E-state index contributed by atoms with van der Waals surface area (Å²) in [6, 6.07) is 7.59. The maximum Gasteiger partial charge on any atom is 0.273 e. The Morgan fingerprint density at radius 1 is 1.11 bits per heavy atom. The predicted octanol–water partition coefficient (Wildman–Crippen LogP) is 3.66. The zero-order valence-corrected chi connectivity index (χ0v) is 19.8. The molecule has 3 N–H and O–H groups in total. The summed E-state index contributed by atoms with van der Waals surface area (Å²) in [6.45, 7) is -0.956. The largest absolute Gasteiger partial charge is 0.494 e. The Balaban J connectivity index is 1.69. The Labute approximate surface area is 215 Å². The second-order valence-electron chi connectivity index (χ2n) is 8.12. The highest BCUT2D eigenvalue weighted by molar-refractivity contribution is 5.99. The Hall–Kier alpha value is -4.71. The number of aromatic nitrogens is 5. The van der Waals surface area contributed by atoms with Gasteiger partial charge in [0.15, 0.2) is 23.1 Å². The molecule has 1 aromatic carbocycles. The summed E-state index contributed by atoms with van der Waals surface area (Å²) < 4.78 is 48.3. The highest BCUT2D eigenvalue weighted by Gasteiger charge is 2.21. The first kappa shape index (κ1) is 20.5. The molecule has 0 spiro atoms. The standard InChI is InChI=1S/C25H23FN8O3/c1-13-9-28-24(29-10-13)15-6-14-7-18(23(15)36-3)30-17-8-21(33-34-22(17)25(35)27-2)32-20-5-4-16(26)19(31-20)12-37-11-14/h4-10,30H,11-12H2,1-3H3,(H,27,35)(H,31,32,33)/i2D3. The molecule has 0 aliphatic carbocycles. The number of benzene rings is 1. The van der Waals surface area contributed by atoms with Crippen LogP contribution in [0.1, 0.15) is 31.4 Å². The third kappa shape index (κ3) is 5.00. The van der Waals surface area contributed by atoms with Gasteiger partial charge in [0, 0.05) is 29.5 Å². The third-order valence-corrected chi connectivity index (χ3v) is 5.45. The zero-order chi connectivity index (χ0) is 28.4. The molecule has 37 heavy (non-hydrogen) atoms. The van der Waals surface area contributed by atoms with Crippen LogP contribution in [0.5, 0.6) is 5.75 Å². The van der Waals surface area contributed by atoms with Gasteiger partial charge in [-0.2, -0.15) is 0 Å². The average Bonchev–Trinajstić information content (AvgIpc) is 2.89. The highest BCUT2D eigenvalue weighted by atomic mass is 19.1. The molecule has 188 valence electrons. The van der Waals surface area contributed by atoms with Gasteiger partial charge in [0.1, 0.15) is 17.3 Å².